The van der Waals surface area contributed by atoms with Gasteiger partial charge in [-0.15, -0.1) is 5.10 Å². The van der Waals surface area contributed by atoms with E-state index in [1.54, 1.807) is 18.8 Å². The molecule has 130 valence electrons. The first-order chi connectivity index (χ1) is 10.7. The molecule has 1 atom stereocenters. The standard InChI is InChI=1S/C13H23N5O4S/c1-5-18-13-10(8-22-9-12(19)16(2)3)6-17(23(4,20)21)7-11(13)14-15-18/h10H,5-9H2,1-4H3/t10-/m0/s1. The molecule has 0 saturated carbocycles. The van der Waals surface area contributed by atoms with E-state index in [4.69, 9.17) is 4.74 Å². The van der Waals surface area contributed by atoms with Gasteiger partial charge in [-0.1, -0.05) is 5.21 Å². The maximum Gasteiger partial charge on any atom is 0.248 e. The van der Waals surface area contributed by atoms with Gasteiger partial charge in [0, 0.05) is 33.1 Å². The van der Waals surface area contributed by atoms with Crippen molar-refractivity contribution in [3.05, 3.63) is 11.4 Å². The Hall–Kier alpha value is -1.52. The fraction of sp³-hybridized carbons (Fsp3) is 0.769. The van der Waals surface area contributed by atoms with Crippen molar-refractivity contribution in [3.63, 3.8) is 0 Å². The van der Waals surface area contributed by atoms with E-state index in [-0.39, 0.29) is 31.6 Å². The van der Waals surface area contributed by atoms with E-state index in [0.29, 0.717) is 18.8 Å². The molecule has 1 aromatic rings. The zero-order valence-electron chi connectivity index (χ0n) is 13.9. The van der Waals surface area contributed by atoms with Crippen molar-refractivity contribution >= 4 is 15.9 Å². The average molecular weight is 345 g/mol. The molecule has 2 heterocycles. The lowest BCUT2D eigenvalue weighted by Crippen LogP contribution is -2.40. The van der Waals surface area contributed by atoms with Gasteiger partial charge in [-0.2, -0.15) is 4.31 Å². The topological polar surface area (TPSA) is 97.6 Å². The van der Waals surface area contributed by atoms with Crippen LogP contribution in [0.4, 0.5) is 0 Å². The minimum absolute atomic E-state index is 0.0363. The minimum atomic E-state index is -3.33. The summed E-state index contributed by atoms with van der Waals surface area (Å²) in [6, 6.07) is 0. The summed E-state index contributed by atoms with van der Waals surface area (Å²) in [4.78, 5) is 13.0. The van der Waals surface area contributed by atoms with E-state index in [1.807, 2.05) is 6.92 Å². The lowest BCUT2D eigenvalue weighted by atomic mass is 10.0. The van der Waals surface area contributed by atoms with Crippen LogP contribution in [0.5, 0.6) is 0 Å². The van der Waals surface area contributed by atoms with Gasteiger partial charge in [-0.25, -0.2) is 13.1 Å². The molecule has 0 aromatic carbocycles. The van der Waals surface area contributed by atoms with Crippen LogP contribution in [0.2, 0.25) is 0 Å². The lowest BCUT2D eigenvalue weighted by Gasteiger charge is -2.30. The number of ether oxygens (including phenoxy) is 1. The number of amides is 1. The summed E-state index contributed by atoms with van der Waals surface area (Å²) in [6.45, 7) is 3.33. The van der Waals surface area contributed by atoms with Crippen molar-refractivity contribution in [2.24, 2.45) is 0 Å². The highest BCUT2D eigenvalue weighted by molar-refractivity contribution is 7.88. The number of likely N-dealkylation sites (N-methyl/N-ethyl adjacent to an activating group) is 1. The number of carbonyl (C=O) groups is 1. The molecule has 1 amide bonds. The van der Waals surface area contributed by atoms with Crippen molar-refractivity contribution in [2.75, 3.05) is 40.1 Å². The van der Waals surface area contributed by atoms with Crippen LogP contribution in [0, 0.1) is 0 Å². The quantitative estimate of drug-likeness (QED) is 0.674. The molecular weight excluding hydrogens is 322 g/mol. The molecule has 1 aromatic heterocycles. The molecule has 0 aliphatic carbocycles. The summed E-state index contributed by atoms with van der Waals surface area (Å²) >= 11 is 0. The number of nitrogens with zero attached hydrogens (tertiary/aromatic N) is 5. The van der Waals surface area contributed by atoms with Gasteiger partial charge in [-0.3, -0.25) is 4.79 Å². The Bertz CT molecular complexity index is 670. The maximum atomic E-state index is 11.9. The van der Waals surface area contributed by atoms with E-state index in [2.05, 4.69) is 10.3 Å². The largest absolute Gasteiger partial charge is 0.371 e. The number of aryl methyl sites for hydroxylation is 1. The summed E-state index contributed by atoms with van der Waals surface area (Å²) in [5.41, 5.74) is 1.54. The molecule has 10 heteroatoms. The molecule has 0 spiro atoms. The molecule has 0 N–H and O–H groups in total. The molecule has 23 heavy (non-hydrogen) atoms. The monoisotopic (exact) mass is 345 g/mol. The molecule has 2 rings (SSSR count). The smallest absolute Gasteiger partial charge is 0.248 e. The Morgan fingerprint density at radius 2 is 2.13 bits per heavy atom. The number of hydrogen-bond acceptors (Lipinski definition) is 6. The molecule has 1 aliphatic rings. The van der Waals surface area contributed by atoms with Crippen molar-refractivity contribution in [2.45, 2.75) is 25.9 Å². The molecule has 0 bridgehead atoms. The number of hydrogen-bond donors (Lipinski definition) is 0. The Morgan fingerprint density at radius 1 is 1.43 bits per heavy atom. The van der Waals surface area contributed by atoms with Crippen LogP contribution in [-0.2, 0) is 32.6 Å². The Morgan fingerprint density at radius 3 is 2.70 bits per heavy atom. The SMILES string of the molecule is CCn1nnc2c1[C@H](COCC(=O)N(C)C)CN(S(C)(=O)=O)C2. The molecule has 0 fully saturated rings. The van der Waals surface area contributed by atoms with Crippen LogP contribution in [0.25, 0.3) is 0 Å². The number of aromatic nitrogens is 3. The first kappa shape index (κ1) is 17.8. The van der Waals surface area contributed by atoms with E-state index in [1.165, 1.54) is 15.5 Å². The van der Waals surface area contributed by atoms with E-state index >= 15 is 0 Å². The first-order valence-electron chi connectivity index (χ1n) is 7.39. The van der Waals surface area contributed by atoms with Crippen LogP contribution < -0.4 is 0 Å². The third-order valence-corrected chi connectivity index (χ3v) is 5.01. The number of carbonyl (C=O) groups excluding carboxylic acids is 1. The molecule has 1 aliphatic heterocycles. The zero-order valence-corrected chi connectivity index (χ0v) is 14.7. The van der Waals surface area contributed by atoms with E-state index in [0.717, 1.165) is 5.69 Å². The second-order valence-corrected chi connectivity index (χ2v) is 7.78. The van der Waals surface area contributed by atoms with Gasteiger partial charge in [0.1, 0.15) is 12.3 Å². The van der Waals surface area contributed by atoms with E-state index < -0.39 is 10.0 Å². The lowest BCUT2D eigenvalue weighted by molar-refractivity contribution is -0.133. The van der Waals surface area contributed by atoms with Gasteiger partial charge >= 0.3 is 0 Å². The maximum absolute atomic E-state index is 11.9. The van der Waals surface area contributed by atoms with Gasteiger partial charge < -0.3 is 9.64 Å². The Balaban J connectivity index is 2.16. The molecule has 0 saturated heterocycles. The molecule has 9 nitrogen and oxygen atoms in total. The average Bonchev–Trinajstić information content (AvgIpc) is 2.89. The first-order valence-corrected chi connectivity index (χ1v) is 9.24. The van der Waals surface area contributed by atoms with Gasteiger partial charge in [0.25, 0.3) is 0 Å². The van der Waals surface area contributed by atoms with Crippen LogP contribution >= 0.6 is 0 Å². The summed E-state index contributed by atoms with van der Waals surface area (Å²) in [5, 5.41) is 8.16. The highest BCUT2D eigenvalue weighted by atomic mass is 32.2. The minimum Gasteiger partial charge on any atom is -0.371 e. The molecule has 0 radical (unpaired) electrons. The summed E-state index contributed by atoms with van der Waals surface area (Å²) in [7, 11) is -0.0110. The highest BCUT2D eigenvalue weighted by Gasteiger charge is 2.34. The molecule has 0 unspecified atom stereocenters. The number of rotatable bonds is 6. The van der Waals surface area contributed by atoms with Crippen molar-refractivity contribution < 1.29 is 17.9 Å². The summed E-state index contributed by atoms with van der Waals surface area (Å²) < 4.78 is 32.3. The zero-order chi connectivity index (χ0) is 17.2. The number of sulfonamides is 1. The highest BCUT2D eigenvalue weighted by Crippen LogP contribution is 2.28. The van der Waals surface area contributed by atoms with Gasteiger partial charge in [0.05, 0.1) is 25.1 Å². The second-order valence-electron chi connectivity index (χ2n) is 5.79. The van der Waals surface area contributed by atoms with Gasteiger partial charge in [-0.05, 0) is 6.92 Å². The van der Waals surface area contributed by atoms with Crippen LogP contribution in [0.1, 0.15) is 24.2 Å². The van der Waals surface area contributed by atoms with Gasteiger partial charge in [0.2, 0.25) is 15.9 Å². The third kappa shape index (κ3) is 4.06. The van der Waals surface area contributed by atoms with Crippen LogP contribution in [-0.4, -0.2) is 78.6 Å². The third-order valence-electron chi connectivity index (χ3n) is 3.80. The Labute approximate surface area is 136 Å². The van der Waals surface area contributed by atoms with Crippen LogP contribution in [0.15, 0.2) is 0 Å². The Kier molecular flexibility index (Phi) is 5.37. The molecular formula is C13H23N5O4S. The number of fused-ring (bicyclic) bond motifs is 1. The van der Waals surface area contributed by atoms with Crippen molar-refractivity contribution in [1.82, 2.24) is 24.2 Å². The predicted octanol–water partition coefficient (Wildman–Crippen LogP) is -0.738. The normalized spacial score (nSPS) is 18.7. The van der Waals surface area contributed by atoms with E-state index in [9.17, 15) is 13.2 Å². The summed E-state index contributed by atoms with van der Waals surface area (Å²) in [5.74, 6) is -0.332. The fourth-order valence-corrected chi connectivity index (χ4v) is 3.32. The summed E-state index contributed by atoms with van der Waals surface area (Å²) in [6.07, 6.45) is 1.18. The second kappa shape index (κ2) is 6.93. The van der Waals surface area contributed by atoms with Crippen molar-refractivity contribution in [1.29, 1.82) is 0 Å². The van der Waals surface area contributed by atoms with Crippen molar-refractivity contribution in [3.8, 4) is 0 Å². The van der Waals surface area contributed by atoms with Crippen LogP contribution in [0.3, 0.4) is 0 Å². The predicted molar refractivity (Wildman–Crippen MR) is 83.2 cm³/mol. The fourth-order valence-electron chi connectivity index (χ4n) is 2.51. The van der Waals surface area contributed by atoms with Gasteiger partial charge in [0.15, 0.2) is 0 Å².